The minimum Gasteiger partial charge on any atom is -0.357 e. The number of hydrogen-bond acceptors (Lipinski definition) is 2. The molecule has 1 amide bonds. The third-order valence-corrected chi connectivity index (χ3v) is 2.10. The maximum absolute atomic E-state index is 9.93. The Morgan fingerprint density at radius 3 is 2.82 bits per heavy atom. The van der Waals surface area contributed by atoms with Crippen LogP contribution in [0.1, 0.15) is 19.8 Å². The molecule has 0 aromatic heterocycles. The molecule has 0 unspecified atom stereocenters. The third-order valence-electron chi connectivity index (χ3n) is 2.10. The second-order valence-electron chi connectivity index (χ2n) is 2.93. The van der Waals surface area contributed by atoms with E-state index in [2.05, 4.69) is 17.1 Å². The number of carbonyl (C=O) groups is 1. The highest BCUT2D eigenvalue weighted by atomic mass is 16.1. The predicted molar refractivity (Wildman–Crippen MR) is 44.3 cm³/mol. The lowest BCUT2D eigenvalue weighted by Gasteiger charge is -2.18. The van der Waals surface area contributed by atoms with Gasteiger partial charge in [0, 0.05) is 19.1 Å². The maximum atomic E-state index is 9.93. The van der Waals surface area contributed by atoms with E-state index in [-0.39, 0.29) is 0 Å². The van der Waals surface area contributed by atoms with E-state index >= 15 is 0 Å². The number of nitrogens with one attached hydrogen (secondary N) is 1. The maximum Gasteiger partial charge on any atom is 0.207 e. The van der Waals surface area contributed by atoms with Crippen LogP contribution in [0.2, 0.25) is 0 Å². The number of carbonyl (C=O) groups excluding carboxylic acids is 1. The Bertz CT molecular complexity index is 123. The van der Waals surface area contributed by atoms with Crippen molar-refractivity contribution in [3.8, 4) is 0 Å². The second kappa shape index (κ2) is 4.34. The van der Waals surface area contributed by atoms with Crippen molar-refractivity contribution in [1.82, 2.24) is 10.2 Å². The molecule has 1 aliphatic carbocycles. The van der Waals surface area contributed by atoms with E-state index < -0.39 is 0 Å². The van der Waals surface area contributed by atoms with Crippen molar-refractivity contribution in [2.24, 2.45) is 0 Å². The molecule has 0 aliphatic heterocycles. The molecule has 1 N–H and O–H groups in total. The molecule has 1 fully saturated rings. The lowest BCUT2D eigenvalue weighted by atomic mass is 10.4. The Kier molecular flexibility index (Phi) is 3.36. The molecule has 0 radical (unpaired) electrons. The summed E-state index contributed by atoms with van der Waals surface area (Å²) in [6, 6.07) is 0.813. The van der Waals surface area contributed by atoms with Crippen molar-refractivity contribution in [1.29, 1.82) is 0 Å². The van der Waals surface area contributed by atoms with Crippen LogP contribution in [0.25, 0.3) is 0 Å². The molecule has 0 aromatic rings. The van der Waals surface area contributed by atoms with Crippen molar-refractivity contribution in [2.75, 3.05) is 19.6 Å². The van der Waals surface area contributed by atoms with E-state index in [9.17, 15) is 4.79 Å². The fourth-order valence-electron chi connectivity index (χ4n) is 1.31. The summed E-state index contributed by atoms with van der Waals surface area (Å²) in [5.41, 5.74) is 0. The molecule has 0 spiro atoms. The first-order chi connectivity index (χ1) is 5.38. The van der Waals surface area contributed by atoms with Gasteiger partial charge in [-0.1, -0.05) is 6.92 Å². The number of nitrogens with zero attached hydrogens (tertiary/aromatic N) is 1. The Balaban J connectivity index is 2.05. The molecule has 1 saturated carbocycles. The molecular weight excluding hydrogens is 140 g/mol. The van der Waals surface area contributed by atoms with Gasteiger partial charge in [0.05, 0.1) is 0 Å². The van der Waals surface area contributed by atoms with Crippen molar-refractivity contribution >= 4 is 6.41 Å². The van der Waals surface area contributed by atoms with Gasteiger partial charge in [0.1, 0.15) is 0 Å². The van der Waals surface area contributed by atoms with Crippen molar-refractivity contribution < 1.29 is 4.79 Å². The Hall–Kier alpha value is -0.570. The fourth-order valence-corrected chi connectivity index (χ4v) is 1.31. The first-order valence-electron chi connectivity index (χ1n) is 4.29. The van der Waals surface area contributed by atoms with Crippen LogP contribution in [0.3, 0.4) is 0 Å². The topological polar surface area (TPSA) is 32.3 Å². The molecule has 1 rings (SSSR count). The van der Waals surface area contributed by atoms with Crippen LogP contribution in [0.4, 0.5) is 0 Å². The lowest BCUT2D eigenvalue weighted by Crippen LogP contribution is -2.33. The molecule has 0 atom stereocenters. The van der Waals surface area contributed by atoms with Gasteiger partial charge in [-0.15, -0.1) is 0 Å². The minimum absolute atomic E-state index is 0.765. The Morgan fingerprint density at radius 1 is 1.64 bits per heavy atom. The number of amides is 1. The highest BCUT2D eigenvalue weighted by Crippen LogP contribution is 2.25. The summed E-state index contributed by atoms with van der Waals surface area (Å²) in [6.07, 6.45) is 3.45. The van der Waals surface area contributed by atoms with Gasteiger partial charge in [0.15, 0.2) is 0 Å². The van der Waals surface area contributed by atoms with Crippen LogP contribution in [0, 0.1) is 0 Å². The molecule has 11 heavy (non-hydrogen) atoms. The summed E-state index contributed by atoms with van der Waals surface area (Å²) in [4.78, 5) is 12.3. The Labute approximate surface area is 67.8 Å². The molecule has 1 aliphatic rings. The van der Waals surface area contributed by atoms with Gasteiger partial charge in [0.25, 0.3) is 0 Å². The zero-order valence-corrected chi connectivity index (χ0v) is 7.05. The monoisotopic (exact) mass is 156 g/mol. The molecule has 0 aromatic carbocycles. The number of likely N-dealkylation sites (N-methyl/N-ethyl adjacent to an activating group) is 1. The van der Waals surface area contributed by atoms with Crippen LogP contribution >= 0.6 is 0 Å². The van der Waals surface area contributed by atoms with Gasteiger partial charge in [-0.2, -0.15) is 0 Å². The molecule has 0 bridgehead atoms. The largest absolute Gasteiger partial charge is 0.357 e. The second-order valence-corrected chi connectivity index (χ2v) is 2.93. The van der Waals surface area contributed by atoms with E-state index in [0.717, 1.165) is 32.1 Å². The van der Waals surface area contributed by atoms with Crippen LogP contribution in [-0.4, -0.2) is 37.0 Å². The molecule has 3 heteroatoms. The number of rotatable bonds is 6. The summed E-state index contributed by atoms with van der Waals surface area (Å²) >= 11 is 0. The zero-order chi connectivity index (χ0) is 8.10. The standard InChI is InChI=1S/C8H16N2O/c1-2-10(8-3-4-8)6-5-9-7-11/h7-8H,2-6H2,1H3,(H,9,11). The molecular formula is C8H16N2O. The van der Waals surface area contributed by atoms with Gasteiger partial charge in [-0.3, -0.25) is 9.69 Å². The van der Waals surface area contributed by atoms with Crippen LogP contribution in [-0.2, 0) is 4.79 Å². The van der Waals surface area contributed by atoms with E-state index in [0.29, 0.717) is 0 Å². The summed E-state index contributed by atoms with van der Waals surface area (Å²) in [5.74, 6) is 0. The van der Waals surface area contributed by atoms with Gasteiger partial charge < -0.3 is 5.32 Å². The SMILES string of the molecule is CCN(CCNC=O)C1CC1. The van der Waals surface area contributed by atoms with E-state index in [4.69, 9.17) is 0 Å². The Morgan fingerprint density at radius 2 is 2.36 bits per heavy atom. The molecule has 0 heterocycles. The average Bonchev–Trinajstić information content (AvgIpc) is 2.81. The quantitative estimate of drug-likeness (QED) is 0.440. The summed E-state index contributed by atoms with van der Waals surface area (Å²) in [5, 5.41) is 2.67. The van der Waals surface area contributed by atoms with Gasteiger partial charge >= 0.3 is 0 Å². The first-order valence-corrected chi connectivity index (χ1v) is 4.29. The summed E-state index contributed by atoms with van der Waals surface area (Å²) < 4.78 is 0. The minimum atomic E-state index is 0.765. The molecule has 64 valence electrons. The van der Waals surface area contributed by atoms with Crippen LogP contribution in [0.15, 0.2) is 0 Å². The van der Waals surface area contributed by atoms with Crippen molar-refractivity contribution in [3.05, 3.63) is 0 Å². The van der Waals surface area contributed by atoms with Crippen LogP contribution in [0.5, 0.6) is 0 Å². The molecule has 0 saturated heterocycles. The van der Waals surface area contributed by atoms with E-state index in [1.54, 1.807) is 0 Å². The summed E-state index contributed by atoms with van der Waals surface area (Å²) in [6.45, 7) is 5.05. The fraction of sp³-hybridized carbons (Fsp3) is 0.875. The highest BCUT2D eigenvalue weighted by molar-refractivity contribution is 5.45. The number of hydrogen-bond donors (Lipinski definition) is 1. The van der Waals surface area contributed by atoms with Crippen molar-refractivity contribution in [3.63, 3.8) is 0 Å². The lowest BCUT2D eigenvalue weighted by molar-refractivity contribution is -0.109. The smallest absolute Gasteiger partial charge is 0.207 e. The molecule has 3 nitrogen and oxygen atoms in total. The normalized spacial score (nSPS) is 16.9. The predicted octanol–water partition coefficient (Wildman–Crippen LogP) is 0.217. The highest BCUT2D eigenvalue weighted by Gasteiger charge is 2.26. The third kappa shape index (κ3) is 2.89. The van der Waals surface area contributed by atoms with Gasteiger partial charge in [-0.05, 0) is 19.4 Å². The zero-order valence-electron chi connectivity index (χ0n) is 7.05. The van der Waals surface area contributed by atoms with Gasteiger partial charge in [0.2, 0.25) is 6.41 Å². The van der Waals surface area contributed by atoms with E-state index in [1.165, 1.54) is 12.8 Å². The van der Waals surface area contributed by atoms with E-state index in [1.807, 2.05) is 0 Å². The average molecular weight is 156 g/mol. The summed E-state index contributed by atoms with van der Waals surface area (Å²) in [7, 11) is 0. The van der Waals surface area contributed by atoms with Gasteiger partial charge in [-0.25, -0.2) is 0 Å². The van der Waals surface area contributed by atoms with Crippen LogP contribution < -0.4 is 5.32 Å². The first kappa shape index (κ1) is 8.53. The van der Waals surface area contributed by atoms with Crippen molar-refractivity contribution in [2.45, 2.75) is 25.8 Å².